The van der Waals surface area contributed by atoms with Gasteiger partial charge in [0.15, 0.2) is 0 Å². The highest BCUT2D eigenvalue weighted by Crippen LogP contribution is 2.35. The van der Waals surface area contributed by atoms with E-state index in [2.05, 4.69) is 16.0 Å². The van der Waals surface area contributed by atoms with Gasteiger partial charge in [-0.2, -0.15) is 5.26 Å². The number of oxazole rings is 1. The average Bonchev–Trinajstić information content (AvgIpc) is 3.05. The van der Waals surface area contributed by atoms with E-state index in [0.717, 1.165) is 35.6 Å². The van der Waals surface area contributed by atoms with Crippen LogP contribution in [0.4, 0.5) is 4.39 Å². The predicted molar refractivity (Wildman–Crippen MR) is 85.6 cm³/mol. The fourth-order valence-electron chi connectivity index (χ4n) is 3.17. The van der Waals surface area contributed by atoms with Crippen LogP contribution >= 0.6 is 0 Å². The van der Waals surface area contributed by atoms with Gasteiger partial charge >= 0.3 is 0 Å². The number of halogens is 1. The quantitative estimate of drug-likeness (QED) is 0.715. The number of aryl methyl sites for hydroxylation is 1. The standard InChI is InChI=1S/C19H14FN3O/c20-15-6-3-12(4-7-15)19-23-16-10-13(5-8-17(16)24-19)18-14(11-21)2-1-9-22-18/h1-4,6-7,9,13H,5,8,10H2. The van der Waals surface area contributed by atoms with Gasteiger partial charge in [0, 0.05) is 30.5 Å². The zero-order valence-corrected chi connectivity index (χ0v) is 12.9. The third-order valence-electron chi connectivity index (χ3n) is 4.37. The number of nitrogens with zero attached hydrogens (tertiary/aromatic N) is 3. The number of benzene rings is 1. The first kappa shape index (κ1) is 14.6. The molecule has 118 valence electrons. The Morgan fingerprint density at radius 3 is 2.83 bits per heavy atom. The summed E-state index contributed by atoms with van der Waals surface area (Å²) >= 11 is 0. The largest absolute Gasteiger partial charge is 0.441 e. The van der Waals surface area contributed by atoms with E-state index in [1.165, 1.54) is 12.1 Å². The van der Waals surface area contributed by atoms with Crippen molar-refractivity contribution in [2.75, 3.05) is 0 Å². The minimum Gasteiger partial charge on any atom is -0.441 e. The molecule has 0 saturated carbocycles. The van der Waals surface area contributed by atoms with Crippen LogP contribution in [0.3, 0.4) is 0 Å². The maximum Gasteiger partial charge on any atom is 0.226 e. The first-order valence-corrected chi connectivity index (χ1v) is 7.84. The fourth-order valence-corrected chi connectivity index (χ4v) is 3.17. The maximum absolute atomic E-state index is 13.1. The van der Waals surface area contributed by atoms with Crippen molar-refractivity contribution >= 4 is 0 Å². The average molecular weight is 319 g/mol. The van der Waals surface area contributed by atoms with E-state index in [1.54, 1.807) is 30.5 Å². The Bertz CT molecular complexity index is 925. The van der Waals surface area contributed by atoms with Crippen LogP contribution in [0.5, 0.6) is 0 Å². The van der Waals surface area contributed by atoms with Crippen LogP contribution < -0.4 is 0 Å². The number of nitriles is 1. The van der Waals surface area contributed by atoms with Crippen LogP contribution in [0.2, 0.25) is 0 Å². The van der Waals surface area contributed by atoms with E-state index in [4.69, 9.17) is 4.42 Å². The van der Waals surface area contributed by atoms with Gasteiger partial charge in [-0.05, 0) is 42.8 Å². The van der Waals surface area contributed by atoms with E-state index in [9.17, 15) is 9.65 Å². The summed E-state index contributed by atoms with van der Waals surface area (Å²) in [5.74, 6) is 1.27. The Morgan fingerprint density at radius 2 is 2.04 bits per heavy atom. The molecule has 0 N–H and O–H groups in total. The summed E-state index contributed by atoms with van der Waals surface area (Å²) in [4.78, 5) is 8.98. The van der Waals surface area contributed by atoms with Crippen LogP contribution in [-0.4, -0.2) is 9.97 Å². The second-order valence-electron chi connectivity index (χ2n) is 5.88. The number of hydrogen-bond acceptors (Lipinski definition) is 4. The van der Waals surface area contributed by atoms with E-state index in [-0.39, 0.29) is 11.7 Å². The van der Waals surface area contributed by atoms with Gasteiger partial charge in [0.25, 0.3) is 0 Å². The van der Waals surface area contributed by atoms with Crippen LogP contribution in [0.15, 0.2) is 47.0 Å². The number of rotatable bonds is 2. The van der Waals surface area contributed by atoms with Crippen molar-refractivity contribution in [2.45, 2.75) is 25.2 Å². The molecule has 1 atom stereocenters. The smallest absolute Gasteiger partial charge is 0.226 e. The lowest BCUT2D eigenvalue weighted by atomic mass is 9.86. The summed E-state index contributed by atoms with van der Waals surface area (Å²) in [5.41, 5.74) is 3.11. The van der Waals surface area contributed by atoms with Crippen molar-refractivity contribution in [3.63, 3.8) is 0 Å². The first-order valence-electron chi connectivity index (χ1n) is 7.84. The predicted octanol–water partition coefficient (Wildman–Crippen LogP) is 4.02. The molecule has 24 heavy (non-hydrogen) atoms. The molecule has 5 heteroatoms. The molecule has 2 heterocycles. The molecule has 4 rings (SSSR count). The third kappa shape index (κ3) is 2.56. The molecule has 1 aliphatic rings. The summed E-state index contributed by atoms with van der Waals surface area (Å²) < 4.78 is 18.9. The minimum absolute atomic E-state index is 0.166. The van der Waals surface area contributed by atoms with Crippen LogP contribution in [0.1, 0.15) is 35.1 Å². The first-order chi connectivity index (χ1) is 11.7. The number of fused-ring (bicyclic) bond motifs is 1. The monoisotopic (exact) mass is 319 g/mol. The number of pyridine rings is 1. The molecule has 0 radical (unpaired) electrons. The molecule has 0 spiro atoms. The molecule has 0 fully saturated rings. The lowest BCUT2D eigenvalue weighted by Crippen LogP contribution is -2.14. The van der Waals surface area contributed by atoms with Crippen molar-refractivity contribution in [1.29, 1.82) is 5.26 Å². The SMILES string of the molecule is N#Cc1cccnc1C1CCc2oc(-c3ccc(F)cc3)nc2C1. The molecule has 1 aromatic carbocycles. The van der Waals surface area contributed by atoms with E-state index in [1.807, 2.05) is 0 Å². The molecule has 0 saturated heterocycles. The number of aromatic nitrogens is 2. The molecule has 0 aliphatic heterocycles. The molecule has 1 unspecified atom stereocenters. The van der Waals surface area contributed by atoms with Gasteiger partial charge in [-0.3, -0.25) is 4.98 Å². The highest BCUT2D eigenvalue weighted by Gasteiger charge is 2.27. The van der Waals surface area contributed by atoms with E-state index >= 15 is 0 Å². The van der Waals surface area contributed by atoms with Gasteiger partial charge in [-0.15, -0.1) is 0 Å². The molecular weight excluding hydrogens is 305 g/mol. The van der Waals surface area contributed by atoms with Gasteiger partial charge in [0.05, 0.1) is 17.0 Å². The highest BCUT2D eigenvalue weighted by molar-refractivity contribution is 5.53. The van der Waals surface area contributed by atoms with E-state index in [0.29, 0.717) is 17.9 Å². The van der Waals surface area contributed by atoms with Crippen LogP contribution in [-0.2, 0) is 12.8 Å². The normalized spacial score (nSPS) is 16.4. The van der Waals surface area contributed by atoms with Crippen LogP contribution in [0.25, 0.3) is 11.5 Å². The zero-order valence-electron chi connectivity index (χ0n) is 12.9. The van der Waals surface area contributed by atoms with Crippen molar-refractivity contribution < 1.29 is 8.81 Å². The molecule has 0 bridgehead atoms. The molecule has 0 amide bonds. The van der Waals surface area contributed by atoms with Gasteiger partial charge in [0.1, 0.15) is 17.6 Å². The third-order valence-corrected chi connectivity index (χ3v) is 4.37. The summed E-state index contributed by atoms with van der Waals surface area (Å²) in [6, 6.07) is 11.9. The summed E-state index contributed by atoms with van der Waals surface area (Å²) in [6.07, 6.45) is 4.05. The highest BCUT2D eigenvalue weighted by atomic mass is 19.1. The number of hydrogen-bond donors (Lipinski definition) is 0. The van der Waals surface area contributed by atoms with Gasteiger partial charge < -0.3 is 4.42 Å². The summed E-state index contributed by atoms with van der Waals surface area (Å²) in [5, 5.41) is 9.26. The lowest BCUT2D eigenvalue weighted by Gasteiger charge is -2.20. The van der Waals surface area contributed by atoms with Gasteiger partial charge in [-0.25, -0.2) is 9.37 Å². The molecule has 2 aromatic heterocycles. The summed E-state index contributed by atoms with van der Waals surface area (Å²) in [7, 11) is 0. The van der Waals surface area contributed by atoms with Crippen molar-refractivity contribution in [1.82, 2.24) is 9.97 Å². The van der Waals surface area contributed by atoms with Crippen molar-refractivity contribution in [3.05, 3.63) is 71.1 Å². The molecule has 3 aromatic rings. The Hall–Kier alpha value is -3.00. The second-order valence-corrected chi connectivity index (χ2v) is 5.88. The van der Waals surface area contributed by atoms with E-state index < -0.39 is 0 Å². The molecule has 4 nitrogen and oxygen atoms in total. The maximum atomic E-state index is 13.1. The van der Waals surface area contributed by atoms with Gasteiger partial charge in [0.2, 0.25) is 5.89 Å². The second kappa shape index (κ2) is 5.89. The molecular formula is C19H14FN3O. The lowest BCUT2D eigenvalue weighted by molar-refractivity contribution is 0.461. The van der Waals surface area contributed by atoms with Gasteiger partial charge in [-0.1, -0.05) is 0 Å². The minimum atomic E-state index is -0.283. The summed E-state index contributed by atoms with van der Waals surface area (Å²) in [6.45, 7) is 0. The Labute approximate surface area is 138 Å². The fraction of sp³-hybridized carbons (Fsp3) is 0.211. The zero-order chi connectivity index (χ0) is 16.5. The molecule has 1 aliphatic carbocycles. The van der Waals surface area contributed by atoms with Crippen molar-refractivity contribution in [3.8, 4) is 17.5 Å². The van der Waals surface area contributed by atoms with Crippen molar-refractivity contribution in [2.24, 2.45) is 0 Å². The Kier molecular flexibility index (Phi) is 3.58. The van der Waals surface area contributed by atoms with Crippen LogP contribution in [0, 0.1) is 17.1 Å². The Morgan fingerprint density at radius 1 is 1.21 bits per heavy atom. The topological polar surface area (TPSA) is 62.7 Å². The Balaban J connectivity index is 1.64.